The van der Waals surface area contributed by atoms with Crippen LogP contribution in [0.25, 0.3) is 89.2 Å². The van der Waals surface area contributed by atoms with E-state index in [1.165, 1.54) is 40.2 Å². The minimum atomic E-state index is -1.06. The third-order valence-corrected chi connectivity index (χ3v) is 14.3. The Balaban J connectivity index is 0.000000174. The molecule has 0 saturated carbocycles. The van der Waals surface area contributed by atoms with Crippen LogP contribution in [0.5, 0.6) is 46.0 Å². The van der Waals surface area contributed by atoms with Crippen LogP contribution in [0.4, 0.5) is 0 Å². The zero-order chi connectivity index (χ0) is 67.0. The van der Waals surface area contributed by atoms with E-state index in [1.54, 1.807) is 117 Å². The molecule has 12 rings (SSSR count). The van der Waals surface area contributed by atoms with Gasteiger partial charge in [-0.2, -0.15) is 0 Å². The molecule has 94 heavy (non-hydrogen) atoms. The number of phenols is 2. The predicted molar refractivity (Wildman–Crippen MR) is 358 cm³/mol. The number of fused-ring (bicyclic) bond motifs is 4. The average molecular weight is 1280 g/mol. The van der Waals surface area contributed by atoms with Gasteiger partial charge in [-0.05, 0) is 184 Å². The molecule has 21 nitrogen and oxygen atoms in total. The molecule has 4 heterocycles. The number of benzene rings is 8. The number of hydrogen-bond acceptors (Lipinski definition) is 19. The fourth-order valence-electron chi connectivity index (χ4n) is 9.42. The minimum absolute atomic E-state index is 0. The number of carbonyl (C=O) groups excluding carboxylic acids is 3. The largest absolute Gasteiger partial charge is 0.508 e. The first kappa shape index (κ1) is 69.9. The molecule has 0 unspecified atom stereocenters. The maximum Gasteiger partial charge on any atom is 0.339 e. The zero-order valence-corrected chi connectivity index (χ0v) is 53.0. The molecule has 0 aliphatic rings. The van der Waals surface area contributed by atoms with Gasteiger partial charge in [-0.15, -0.1) is 0 Å². The number of carboxylic acid groups (broad SMARTS) is 1. The number of amides is 1. The van der Waals surface area contributed by atoms with E-state index in [1.807, 2.05) is 97.1 Å². The number of nitrogens with one attached hydrogen (secondary N) is 1. The summed E-state index contributed by atoms with van der Waals surface area (Å²) >= 11 is 0. The van der Waals surface area contributed by atoms with E-state index in [0.717, 1.165) is 55.3 Å². The third-order valence-electron chi connectivity index (χ3n) is 14.3. The number of methoxy groups -OCH3 is 6. The van der Waals surface area contributed by atoms with Crippen LogP contribution in [0, 0.1) is 0 Å². The molecule has 4 aromatic heterocycles. The number of aromatic hydroxyl groups is 2. The topological polar surface area (TPSA) is 271 Å². The SMILES string of the molecule is C.CC(=O)c1cc(O)cc2cc(-c3ccc(O)cc3)oc12.CNOC.COc1ccc(-c2cc3cc(OC)cc(C(=O)N(C)OC)c3o2)cc1.COc1ccc(-c2cc3cc(OC)cc(C(=O)O)c3o2)cc1.COc1ccc(-c2cc3cc(OC)cc(C(C)=O)c3o2)cc1. The highest BCUT2D eigenvalue weighted by molar-refractivity contribution is 6.08. The summed E-state index contributed by atoms with van der Waals surface area (Å²) in [5.41, 5.74) is 9.05. The van der Waals surface area contributed by atoms with E-state index in [2.05, 4.69) is 10.3 Å². The average Bonchev–Trinajstić information content (AvgIpc) is 1.66. The van der Waals surface area contributed by atoms with Crippen molar-refractivity contribution in [2.24, 2.45) is 0 Å². The van der Waals surface area contributed by atoms with Crippen molar-refractivity contribution in [2.45, 2.75) is 21.3 Å². The Kier molecular flexibility index (Phi) is 23.8. The minimum Gasteiger partial charge on any atom is -0.508 e. The van der Waals surface area contributed by atoms with E-state index in [9.17, 15) is 34.5 Å². The highest BCUT2D eigenvalue weighted by Gasteiger charge is 2.22. The zero-order valence-electron chi connectivity index (χ0n) is 53.0. The Labute approximate surface area is 541 Å². The number of hydrogen-bond donors (Lipinski definition) is 4. The van der Waals surface area contributed by atoms with Gasteiger partial charge in [0.15, 0.2) is 11.6 Å². The third kappa shape index (κ3) is 16.5. The summed E-state index contributed by atoms with van der Waals surface area (Å²) in [7, 11) is 15.7. The maximum atomic E-state index is 12.6. The standard InChI is InChI=1S/C19H19NO5.C18H16O4.C17H14O5.C16H12O4.C2H7NO.CH4/c1-20(24-4)19(21)16-11-15(23-3)9-13-10-17(25-18(13)16)12-5-7-14(22-2)8-6-12;1-11(19)16-10-15(21-3)8-13-9-17(22-18(13)16)12-4-6-14(20-2)7-5-12;1-20-12-5-3-10(4-6-12)15-8-11-7-13(21-2)9-14(17(18)19)16(11)22-15;1-9(17)14-8-13(19)6-11-7-15(20-16(11)14)10-2-4-12(18)5-3-10;1-3-4-2;/h5-11H,1-4H3;4-10H,1-3H3;3-9H,1-2H3,(H,18,19);2-8,18-19H,1H3;3H,1-2H3;1H4. The second kappa shape index (κ2) is 32.0. The predicted octanol–water partition coefficient (Wildman–Crippen LogP) is 16.0. The first-order valence-corrected chi connectivity index (χ1v) is 28.4. The fraction of sp³-hybridized carbons (Fsp3) is 0.178. The number of carbonyl (C=O) groups is 4. The lowest BCUT2D eigenvalue weighted by Crippen LogP contribution is -2.25. The molecule has 8 aromatic carbocycles. The lowest BCUT2D eigenvalue weighted by atomic mass is 10.1. The first-order chi connectivity index (χ1) is 44.8. The van der Waals surface area contributed by atoms with Gasteiger partial charge in [0.05, 0.1) is 73.6 Å². The molecule has 1 amide bonds. The Morgan fingerprint density at radius 2 is 0.670 bits per heavy atom. The van der Waals surface area contributed by atoms with Gasteiger partial charge < -0.3 is 66.2 Å². The summed E-state index contributed by atoms with van der Waals surface area (Å²) in [4.78, 5) is 56.6. The summed E-state index contributed by atoms with van der Waals surface area (Å²) in [6.07, 6.45) is 0. The van der Waals surface area contributed by atoms with Crippen molar-refractivity contribution < 1.29 is 90.3 Å². The van der Waals surface area contributed by atoms with Gasteiger partial charge in [-0.1, -0.05) is 7.43 Å². The number of hydroxylamine groups is 3. The smallest absolute Gasteiger partial charge is 0.339 e. The van der Waals surface area contributed by atoms with Crippen LogP contribution in [-0.4, -0.2) is 115 Å². The summed E-state index contributed by atoms with van der Waals surface area (Å²) in [5.74, 6) is 5.10. The van der Waals surface area contributed by atoms with Crippen molar-refractivity contribution >= 4 is 67.3 Å². The second-order valence-corrected chi connectivity index (χ2v) is 20.2. The Hall–Kier alpha value is -11.5. The summed E-state index contributed by atoms with van der Waals surface area (Å²) in [6, 6.07) is 49.5. The summed E-state index contributed by atoms with van der Waals surface area (Å²) < 4.78 is 54.5. The lowest BCUT2D eigenvalue weighted by molar-refractivity contribution is -0.0756. The number of nitrogens with zero attached hydrogens (tertiary/aromatic N) is 1. The van der Waals surface area contributed by atoms with Gasteiger partial charge in [0.25, 0.3) is 5.91 Å². The first-order valence-electron chi connectivity index (χ1n) is 28.4. The molecule has 4 N–H and O–H groups in total. The van der Waals surface area contributed by atoms with Crippen LogP contribution in [0.3, 0.4) is 0 Å². The Morgan fingerprint density at radius 3 is 0.979 bits per heavy atom. The van der Waals surface area contributed by atoms with Crippen molar-refractivity contribution in [2.75, 3.05) is 71.0 Å². The van der Waals surface area contributed by atoms with Crippen LogP contribution in [0.2, 0.25) is 0 Å². The van der Waals surface area contributed by atoms with E-state index < -0.39 is 5.97 Å². The van der Waals surface area contributed by atoms with E-state index in [0.29, 0.717) is 90.1 Å². The van der Waals surface area contributed by atoms with E-state index in [4.69, 9.17) is 50.9 Å². The number of ether oxygens (including phenoxy) is 6. The van der Waals surface area contributed by atoms with Crippen molar-refractivity contribution in [1.82, 2.24) is 10.5 Å². The molecule has 0 spiro atoms. The van der Waals surface area contributed by atoms with Crippen LogP contribution in [0.1, 0.15) is 62.7 Å². The van der Waals surface area contributed by atoms with Gasteiger partial charge in [0.2, 0.25) is 0 Å². The number of Topliss-reactive ketones (excluding diaryl/α,β-unsaturated/α-hetero) is 2. The Bertz CT molecular complexity index is 4410. The van der Waals surface area contributed by atoms with Gasteiger partial charge in [0.1, 0.15) is 96.9 Å². The number of carboxylic acids is 1. The van der Waals surface area contributed by atoms with Crippen LogP contribution in [0.15, 0.2) is 188 Å². The van der Waals surface area contributed by atoms with Gasteiger partial charge in [-0.3, -0.25) is 19.2 Å². The van der Waals surface area contributed by atoms with E-state index in [-0.39, 0.29) is 42.0 Å². The van der Waals surface area contributed by atoms with Gasteiger partial charge >= 0.3 is 5.97 Å². The molecule has 0 radical (unpaired) electrons. The van der Waals surface area contributed by atoms with Crippen LogP contribution in [-0.2, 0) is 9.68 Å². The Morgan fingerprint density at radius 1 is 0.383 bits per heavy atom. The molecular formula is C73H72N2O19. The van der Waals surface area contributed by atoms with Crippen molar-refractivity contribution in [3.63, 3.8) is 0 Å². The van der Waals surface area contributed by atoms with Crippen LogP contribution >= 0.6 is 0 Å². The normalized spacial score (nSPS) is 10.5. The quantitative estimate of drug-likeness (QED) is 0.0517. The molecule has 0 fully saturated rings. The molecule has 0 aliphatic carbocycles. The molecule has 488 valence electrons. The molecule has 21 heteroatoms. The number of phenolic OH excluding ortho intramolecular Hbond substituents is 2. The number of aromatic carboxylic acids is 1. The van der Waals surface area contributed by atoms with Crippen molar-refractivity contribution in [3.05, 3.63) is 192 Å². The van der Waals surface area contributed by atoms with E-state index >= 15 is 0 Å². The molecular weight excluding hydrogens is 1210 g/mol. The molecule has 12 aromatic rings. The molecule has 0 atom stereocenters. The lowest BCUT2D eigenvalue weighted by Gasteiger charge is -2.14. The highest BCUT2D eigenvalue weighted by Crippen LogP contribution is 2.38. The second-order valence-electron chi connectivity index (χ2n) is 20.2. The van der Waals surface area contributed by atoms with Gasteiger partial charge in [-0.25, -0.2) is 15.3 Å². The van der Waals surface area contributed by atoms with Gasteiger partial charge in [0, 0.05) is 57.9 Å². The summed E-state index contributed by atoms with van der Waals surface area (Å²) in [5, 5.41) is 32.4. The number of ketones is 2. The maximum absolute atomic E-state index is 12.6. The molecule has 0 aliphatic heterocycles. The fourth-order valence-corrected chi connectivity index (χ4v) is 9.42. The number of rotatable bonds is 16. The highest BCUT2D eigenvalue weighted by atomic mass is 16.7. The number of furan rings is 4. The van der Waals surface area contributed by atoms with Crippen molar-refractivity contribution in [1.29, 1.82) is 0 Å². The van der Waals surface area contributed by atoms with Crippen molar-refractivity contribution in [3.8, 4) is 91.3 Å². The molecule has 0 saturated heterocycles. The van der Waals surface area contributed by atoms with Crippen LogP contribution < -0.4 is 33.9 Å². The monoisotopic (exact) mass is 1280 g/mol. The summed E-state index contributed by atoms with van der Waals surface area (Å²) in [6.45, 7) is 2.95. The molecule has 0 bridgehead atoms.